The molecule has 7 heteroatoms. The standard InChI is InChI=1S/C12H9ClN4O2/c1-2-19-12(18)9-6-16-17(7-9)11-10(13)8(5-14)3-4-15-11/h3-4,6-7H,2H2,1H3. The van der Waals surface area contributed by atoms with Gasteiger partial charge in [-0.05, 0) is 13.0 Å². The molecule has 96 valence electrons. The van der Waals surface area contributed by atoms with E-state index in [1.807, 2.05) is 6.07 Å². The van der Waals surface area contributed by atoms with Crippen molar-refractivity contribution in [1.29, 1.82) is 5.26 Å². The van der Waals surface area contributed by atoms with Gasteiger partial charge in [0, 0.05) is 12.4 Å². The molecule has 2 aromatic heterocycles. The van der Waals surface area contributed by atoms with Crippen LogP contribution < -0.4 is 0 Å². The van der Waals surface area contributed by atoms with Gasteiger partial charge in [-0.25, -0.2) is 14.5 Å². The van der Waals surface area contributed by atoms with Crippen molar-refractivity contribution in [1.82, 2.24) is 14.8 Å². The number of hydrogen-bond acceptors (Lipinski definition) is 5. The molecule has 0 N–H and O–H groups in total. The summed E-state index contributed by atoms with van der Waals surface area (Å²) in [6.07, 6.45) is 4.26. The van der Waals surface area contributed by atoms with Gasteiger partial charge in [-0.2, -0.15) is 10.4 Å². The number of pyridine rings is 1. The third kappa shape index (κ3) is 2.56. The highest BCUT2D eigenvalue weighted by Crippen LogP contribution is 2.21. The van der Waals surface area contributed by atoms with E-state index in [9.17, 15) is 4.79 Å². The van der Waals surface area contributed by atoms with Gasteiger partial charge in [0.25, 0.3) is 0 Å². The summed E-state index contributed by atoms with van der Waals surface area (Å²) in [5, 5.41) is 13.1. The van der Waals surface area contributed by atoms with Crippen molar-refractivity contribution in [3.8, 4) is 11.9 Å². The van der Waals surface area contributed by atoms with Crippen molar-refractivity contribution >= 4 is 17.6 Å². The Labute approximate surface area is 114 Å². The summed E-state index contributed by atoms with van der Waals surface area (Å²) in [5.74, 6) is -0.183. The van der Waals surface area contributed by atoms with Crippen LogP contribution in [0.15, 0.2) is 24.7 Å². The average molecular weight is 277 g/mol. The molecule has 0 unspecified atom stereocenters. The van der Waals surface area contributed by atoms with Crippen LogP contribution in [0.4, 0.5) is 0 Å². The molecule has 0 aliphatic rings. The molecule has 0 aromatic carbocycles. The molecular weight excluding hydrogens is 268 g/mol. The topological polar surface area (TPSA) is 80.8 Å². The molecule has 6 nitrogen and oxygen atoms in total. The third-order valence-electron chi connectivity index (χ3n) is 2.30. The molecule has 19 heavy (non-hydrogen) atoms. The van der Waals surface area contributed by atoms with E-state index in [-0.39, 0.29) is 17.4 Å². The van der Waals surface area contributed by atoms with Crippen LogP contribution in [0.2, 0.25) is 5.02 Å². The first-order valence-electron chi connectivity index (χ1n) is 5.44. The van der Waals surface area contributed by atoms with Crippen molar-refractivity contribution in [2.24, 2.45) is 0 Å². The third-order valence-corrected chi connectivity index (χ3v) is 2.67. The number of carbonyl (C=O) groups excluding carboxylic acids is 1. The van der Waals surface area contributed by atoms with Gasteiger partial charge in [0.1, 0.15) is 11.1 Å². The summed E-state index contributed by atoms with van der Waals surface area (Å²) in [7, 11) is 0. The highest BCUT2D eigenvalue weighted by Gasteiger charge is 2.14. The fraction of sp³-hybridized carbons (Fsp3) is 0.167. The molecule has 2 aromatic rings. The molecular formula is C12H9ClN4O2. The van der Waals surface area contributed by atoms with E-state index in [1.54, 1.807) is 6.92 Å². The molecule has 0 saturated heterocycles. The van der Waals surface area contributed by atoms with Gasteiger partial charge < -0.3 is 4.74 Å². The Bertz CT molecular complexity index is 660. The molecule has 0 fully saturated rings. The molecule has 0 saturated carbocycles. The van der Waals surface area contributed by atoms with Crippen molar-refractivity contribution < 1.29 is 9.53 Å². The second kappa shape index (κ2) is 5.50. The van der Waals surface area contributed by atoms with E-state index >= 15 is 0 Å². The van der Waals surface area contributed by atoms with Crippen LogP contribution in [0.3, 0.4) is 0 Å². The Morgan fingerprint density at radius 2 is 2.42 bits per heavy atom. The van der Waals surface area contributed by atoms with Gasteiger partial charge in [-0.1, -0.05) is 11.6 Å². The summed E-state index contributed by atoms with van der Waals surface area (Å²) in [4.78, 5) is 15.6. The Balaban J connectivity index is 2.39. The number of nitriles is 1. The minimum absolute atomic E-state index is 0.184. The molecule has 2 heterocycles. The summed E-state index contributed by atoms with van der Waals surface area (Å²) in [5.41, 5.74) is 0.585. The Kier molecular flexibility index (Phi) is 3.78. The quantitative estimate of drug-likeness (QED) is 0.801. The van der Waals surface area contributed by atoms with Gasteiger partial charge >= 0.3 is 5.97 Å². The lowest BCUT2D eigenvalue weighted by atomic mass is 10.3. The fourth-order valence-corrected chi connectivity index (χ4v) is 1.68. The number of carbonyl (C=O) groups is 1. The molecule has 0 radical (unpaired) electrons. The molecule has 0 spiro atoms. The number of ether oxygens (including phenoxy) is 1. The maximum Gasteiger partial charge on any atom is 0.341 e. The molecule has 0 aliphatic carbocycles. The first-order chi connectivity index (χ1) is 9.17. The second-order valence-electron chi connectivity index (χ2n) is 3.50. The van der Waals surface area contributed by atoms with Crippen molar-refractivity contribution in [3.05, 3.63) is 40.8 Å². The second-order valence-corrected chi connectivity index (χ2v) is 3.88. The van der Waals surface area contributed by atoms with Gasteiger partial charge in [0.15, 0.2) is 5.82 Å². The zero-order chi connectivity index (χ0) is 13.8. The first kappa shape index (κ1) is 13.1. The lowest BCUT2D eigenvalue weighted by Gasteiger charge is -2.03. The number of esters is 1. The van der Waals surface area contributed by atoms with Crippen LogP contribution in [0.5, 0.6) is 0 Å². The van der Waals surface area contributed by atoms with E-state index in [4.69, 9.17) is 21.6 Å². The van der Waals surface area contributed by atoms with E-state index in [1.165, 1.54) is 29.3 Å². The molecule has 0 atom stereocenters. The van der Waals surface area contributed by atoms with Crippen LogP contribution in [-0.2, 0) is 4.74 Å². The minimum Gasteiger partial charge on any atom is -0.462 e. The van der Waals surface area contributed by atoms with E-state index < -0.39 is 5.97 Å². The monoisotopic (exact) mass is 276 g/mol. The fourth-order valence-electron chi connectivity index (χ4n) is 1.44. The summed E-state index contributed by atoms with van der Waals surface area (Å²) >= 11 is 6.03. The van der Waals surface area contributed by atoms with Crippen LogP contribution in [-0.4, -0.2) is 27.3 Å². The SMILES string of the molecule is CCOC(=O)c1cnn(-c2nccc(C#N)c2Cl)c1. The lowest BCUT2D eigenvalue weighted by molar-refractivity contribution is 0.0526. The van der Waals surface area contributed by atoms with Crippen LogP contribution in [0.25, 0.3) is 5.82 Å². The number of aromatic nitrogens is 3. The summed E-state index contributed by atoms with van der Waals surface area (Å²) in [6.45, 7) is 2.00. The summed E-state index contributed by atoms with van der Waals surface area (Å²) < 4.78 is 6.18. The van der Waals surface area contributed by atoms with E-state index in [0.29, 0.717) is 11.1 Å². The van der Waals surface area contributed by atoms with Crippen LogP contribution in [0.1, 0.15) is 22.8 Å². The maximum absolute atomic E-state index is 11.5. The normalized spacial score (nSPS) is 9.95. The van der Waals surface area contributed by atoms with Crippen molar-refractivity contribution in [2.75, 3.05) is 6.61 Å². The number of halogens is 1. The highest BCUT2D eigenvalue weighted by molar-refractivity contribution is 6.33. The highest BCUT2D eigenvalue weighted by atomic mass is 35.5. The minimum atomic E-state index is -0.471. The van der Waals surface area contributed by atoms with Gasteiger partial charge in [0.2, 0.25) is 0 Å². The lowest BCUT2D eigenvalue weighted by Crippen LogP contribution is -2.04. The smallest absolute Gasteiger partial charge is 0.341 e. The molecule has 0 amide bonds. The van der Waals surface area contributed by atoms with Gasteiger partial charge in [-0.3, -0.25) is 0 Å². The zero-order valence-electron chi connectivity index (χ0n) is 10.00. The summed E-state index contributed by atoms with van der Waals surface area (Å²) in [6, 6.07) is 3.45. The van der Waals surface area contributed by atoms with E-state index in [0.717, 1.165) is 0 Å². The van der Waals surface area contributed by atoms with Crippen molar-refractivity contribution in [2.45, 2.75) is 6.92 Å². The number of hydrogen-bond donors (Lipinski definition) is 0. The number of nitrogens with zero attached hydrogens (tertiary/aromatic N) is 4. The van der Waals surface area contributed by atoms with Crippen molar-refractivity contribution in [3.63, 3.8) is 0 Å². The van der Waals surface area contributed by atoms with Gasteiger partial charge in [0.05, 0.1) is 23.9 Å². The molecule has 0 aliphatic heterocycles. The Morgan fingerprint density at radius 3 is 3.11 bits per heavy atom. The van der Waals surface area contributed by atoms with Crippen LogP contribution in [0, 0.1) is 11.3 Å². The maximum atomic E-state index is 11.5. The Morgan fingerprint density at radius 1 is 1.63 bits per heavy atom. The largest absolute Gasteiger partial charge is 0.462 e. The van der Waals surface area contributed by atoms with E-state index in [2.05, 4.69) is 10.1 Å². The molecule has 2 rings (SSSR count). The molecule has 0 bridgehead atoms. The van der Waals surface area contributed by atoms with Gasteiger partial charge in [-0.15, -0.1) is 0 Å². The first-order valence-corrected chi connectivity index (χ1v) is 5.82. The number of rotatable bonds is 3. The van der Waals surface area contributed by atoms with Crippen LogP contribution >= 0.6 is 11.6 Å². The predicted molar refractivity (Wildman–Crippen MR) is 67.0 cm³/mol. The predicted octanol–water partition coefficient (Wildman–Crippen LogP) is 1.97. The average Bonchev–Trinajstić information content (AvgIpc) is 2.89. The zero-order valence-corrected chi connectivity index (χ0v) is 10.8. The Hall–Kier alpha value is -2.39.